The molecule has 2 N–H and O–H groups in total. The number of para-hydroxylation sites is 1. The SMILES string of the molecule is COc1cccc(-c2cn(CCC3C(C)NNC3C)nn2)c1OC. The number of hydrogen-bond acceptors (Lipinski definition) is 6. The molecule has 0 radical (unpaired) electrons. The second kappa shape index (κ2) is 7.19. The number of rotatable bonds is 6. The van der Waals surface area contributed by atoms with Crippen LogP contribution >= 0.6 is 0 Å². The van der Waals surface area contributed by atoms with E-state index in [1.165, 1.54) is 0 Å². The summed E-state index contributed by atoms with van der Waals surface area (Å²) in [6, 6.07) is 6.68. The van der Waals surface area contributed by atoms with Gasteiger partial charge in [-0.3, -0.25) is 15.5 Å². The van der Waals surface area contributed by atoms with Crippen molar-refractivity contribution in [3.8, 4) is 22.8 Å². The van der Waals surface area contributed by atoms with Crippen LogP contribution in [-0.2, 0) is 6.54 Å². The molecule has 0 amide bonds. The largest absolute Gasteiger partial charge is 0.493 e. The summed E-state index contributed by atoms with van der Waals surface area (Å²) in [5, 5.41) is 8.56. The molecule has 1 aromatic carbocycles. The van der Waals surface area contributed by atoms with Crippen molar-refractivity contribution in [3.05, 3.63) is 24.4 Å². The average molecular weight is 331 g/mol. The molecule has 24 heavy (non-hydrogen) atoms. The van der Waals surface area contributed by atoms with E-state index in [0.29, 0.717) is 29.5 Å². The van der Waals surface area contributed by atoms with E-state index in [-0.39, 0.29) is 0 Å². The number of ether oxygens (including phenoxy) is 2. The Bertz CT molecular complexity index is 677. The number of hydrogen-bond donors (Lipinski definition) is 2. The Labute approximate surface area is 142 Å². The van der Waals surface area contributed by atoms with Crippen molar-refractivity contribution in [2.24, 2.45) is 5.92 Å². The molecule has 7 nitrogen and oxygen atoms in total. The topological polar surface area (TPSA) is 73.2 Å². The summed E-state index contributed by atoms with van der Waals surface area (Å²) >= 11 is 0. The molecular formula is C17H25N5O2. The molecule has 7 heteroatoms. The standard InChI is InChI=1S/C17H25N5O2/c1-11-13(12(2)19-18-11)8-9-22-10-15(20-21-22)14-6-5-7-16(23-3)17(14)24-4/h5-7,10-13,18-19H,8-9H2,1-4H3. The third-order valence-corrected chi connectivity index (χ3v) is 4.73. The molecule has 2 atom stereocenters. The van der Waals surface area contributed by atoms with E-state index in [9.17, 15) is 0 Å². The van der Waals surface area contributed by atoms with Gasteiger partial charge in [-0.1, -0.05) is 11.3 Å². The Morgan fingerprint density at radius 2 is 1.88 bits per heavy atom. The van der Waals surface area contributed by atoms with Gasteiger partial charge in [0.15, 0.2) is 11.5 Å². The summed E-state index contributed by atoms with van der Waals surface area (Å²) < 4.78 is 12.7. The fourth-order valence-electron chi connectivity index (χ4n) is 3.31. The molecule has 0 saturated carbocycles. The lowest BCUT2D eigenvalue weighted by molar-refractivity contribution is 0.356. The molecule has 3 rings (SSSR count). The van der Waals surface area contributed by atoms with E-state index in [1.807, 2.05) is 29.1 Å². The maximum absolute atomic E-state index is 5.48. The first-order chi connectivity index (χ1) is 11.6. The van der Waals surface area contributed by atoms with Crippen LogP contribution in [0.5, 0.6) is 11.5 Å². The van der Waals surface area contributed by atoms with E-state index < -0.39 is 0 Å². The van der Waals surface area contributed by atoms with E-state index in [1.54, 1.807) is 14.2 Å². The third kappa shape index (κ3) is 3.22. The van der Waals surface area contributed by atoms with Crippen LogP contribution in [0, 0.1) is 5.92 Å². The number of nitrogens with zero attached hydrogens (tertiary/aromatic N) is 3. The van der Waals surface area contributed by atoms with Gasteiger partial charge in [-0.15, -0.1) is 5.10 Å². The Kier molecular flexibility index (Phi) is 5.01. The number of benzene rings is 1. The normalized spacial score (nSPS) is 23.4. The quantitative estimate of drug-likeness (QED) is 0.842. The summed E-state index contributed by atoms with van der Waals surface area (Å²) in [6.07, 6.45) is 3.00. The summed E-state index contributed by atoms with van der Waals surface area (Å²) in [4.78, 5) is 0. The first-order valence-electron chi connectivity index (χ1n) is 8.26. The summed E-state index contributed by atoms with van der Waals surface area (Å²) in [5.41, 5.74) is 8.25. The molecular weight excluding hydrogens is 306 g/mol. The van der Waals surface area contributed by atoms with Gasteiger partial charge in [0.25, 0.3) is 0 Å². The Balaban J connectivity index is 1.74. The number of nitrogens with one attached hydrogen (secondary N) is 2. The third-order valence-electron chi connectivity index (χ3n) is 4.73. The molecule has 0 bridgehead atoms. The zero-order chi connectivity index (χ0) is 17.1. The molecule has 2 aromatic rings. The molecule has 1 fully saturated rings. The molecule has 2 unspecified atom stereocenters. The van der Waals surface area contributed by atoms with Gasteiger partial charge in [0.05, 0.1) is 20.4 Å². The van der Waals surface area contributed by atoms with Crippen molar-refractivity contribution >= 4 is 0 Å². The fraction of sp³-hybridized carbons (Fsp3) is 0.529. The predicted octanol–water partition coefficient (Wildman–Crippen LogP) is 1.85. The minimum absolute atomic E-state index is 0.460. The zero-order valence-electron chi connectivity index (χ0n) is 14.6. The van der Waals surface area contributed by atoms with Crippen LogP contribution in [-0.4, -0.2) is 41.3 Å². The molecule has 2 heterocycles. The first kappa shape index (κ1) is 16.7. The van der Waals surface area contributed by atoms with Crippen molar-refractivity contribution in [2.75, 3.05) is 14.2 Å². The van der Waals surface area contributed by atoms with Gasteiger partial charge in [0, 0.05) is 24.2 Å². The second-order valence-corrected chi connectivity index (χ2v) is 6.23. The summed E-state index contributed by atoms with van der Waals surface area (Å²) in [5.74, 6) is 1.94. The number of hydrazine groups is 1. The van der Waals surface area contributed by atoms with Crippen LogP contribution < -0.4 is 20.3 Å². The van der Waals surface area contributed by atoms with E-state index in [0.717, 1.165) is 24.2 Å². The molecule has 1 aliphatic heterocycles. The lowest BCUT2D eigenvalue weighted by Crippen LogP contribution is -2.30. The van der Waals surface area contributed by atoms with Crippen molar-refractivity contribution in [1.82, 2.24) is 25.8 Å². The van der Waals surface area contributed by atoms with Crippen LogP contribution in [0.25, 0.3) is 11.3 Å². The molecule has 1 saturated heterocycles. The van der Waals surface area contributed by atoms with Gasteiger partial charge < -0.3 is 9.47 Å². The Morgan fingerprint density at radius 1 is 1.12 bits per heavy atom. The van der Waals surface area contributed by atoms with Crippen LogP contribution in [0.4, 0.5) is 0 Å². The second-order valence-electron chi connectivity index (χ2n) is 6.23. The minimum atomic E-state index is 0.460. The molecule has 1 aromatic heterocycles. The predicted molar refractivity (Wildman–Crippen MR) is 91.9 cm³/mol. The van der Waals surface area contributed by atoms with Gasteiger partial charge >= 0.3 is 0 Å². The highest BCUT2D eigenvalue weighted by atomic mass is 16.5. The van der Waals surface area contributed by atoms with Crippen molar-refractivity contribution < 1.29 is 9.47 Å². The van der Waals surface area contributed by atoms with E-state index >= 15 is 0 Å². The number of methoxy groups -OCH3 is 2. The van der Waals surface area contributed by atoms with Gasteiger partial charge in [0.1, 0.15) is 5.69 Å². The first-order valence-corrected chi connectivity index (χ1v) is 8.26. The Morgan fingerprint density at radius 3 is 2.54 bits per heavy atom. The lowest BCUT2D eigenvalue weighted by atomic mass is 9.93. The maximum atomic E-state index is 5.48. The molecule has 1 aliphatic rings. The Hall–Kier alpha value is -2.12. The fourth-order valence-corrected chi connectivity index (χ4v) is 3.31. The van der Waals surface area contributed by atoms with Crippen molar-refractivity contribution in [1.29, 1.82) is 0 Å². The number of aryl methyl sites for hydroxylation is 1. The van der Waals surface area contributed by atoms with E-state index in [4.69, 9.17) is 9.47 Å². The number of aromatic nitrogens is 3. The molecule has 0 spiro atoms. The lowest BCUT2D eigenvalue weighted by Gasteiger charge is -2.17. The molecule has 0 aliphatic carbocycles. The molecule has 130 valence electrons. The zero-order valence-corrected chi connectivity index (χ0v) is 14.6. The summed E-state index contributed by atoms with van der Waals surface area (Å²) in [6.45, 7) is 5.24. The average Bonchev–Trinajstić information content (AvgIpc) is 3.19. The monoisotopic (exact) mass is 331 g/mol. The van der Waals surface area contributed by atoms with Crippen LogP contribution in [0.3, 0.4) is 0 Å². The smallest absolute Gasteiger partial charge is 0.170 e. The highest BCUT2D eigenvalue weighted by molar-refractivity contribution is 5.70. The highest BCUT2D eigenvalue weighted by Crippen LogP contribution is 2.36. The van der Waals surface area contributed by atoms with Crippen molar-refractivity contribution in [2.45, 2.75) is 38.9 Å². The van der Waals surface area contributed by atoms with Gasteiger partial charge in [0.2, 0.25) is 0 Å². The van der Waals surface area contributed by atoms with Crippen molar-refractivity contribution in [3.63, 3.8) is 0 Å². The van der Waals surface area contributed by atoms with Crippen LogP contribution in [0.2, 0.25) is 0 Å². The van der Waals surface area contributed by atoms with Gasteiger partial charge in [-0.2, -0.15) is 0 Å². The van der Waals surface area contributed by atoms with Crippen LogP contribution in [0.15, 0.2) is 24.4 Å². The maximum Gasteiger partial charge on any atom is 0.170 e. The van der Waals surface area contributed by atoms with Crippen LogP contribution in [0.1, 0.15) is 20.3 Å². The van der Waals surface area contributed by atoms with Gasteiger partial charge in [-0.25, -0.2) is 0 Å². The highest BCUT2D eigenvalue weighted by Gasteiger charge is 2.29. The van der Waals surface area contributed by atoms with E-state index in [2.05, 4.69) is 35.0 Å². The minimum Gasteiger partial charge on any atom is -0.493 e. The summed E-state index contributed by atoms with van der Waals surface area (Å²) in [7, 11) is 3.26. The van der Waals surface area contributed by atoms with Gasteiger partial charge in [-0.05, 0) is 38.3 Å².